The van der Waals surface area contributed by atoms with Crippen LogP contribution in [0.1, 0.15) is 17.2 Å². The lowest BCUT2D eigenvalue weighted by molar-refractivity contribution is -0.0938. The average molecular weight is 384 g/mol. The number of hydrogen-bond acceptors (Lipinski definition) is 5. The molecule has 0 radical (unpaired) electrons. The number of fused-ring (bicyclic) bond motifs is 2. The Morgan fingerprint density at radius 2 is 1.56 bits per heavy atom. The van der Waals surface area contributed by atoms with Crippen LogP contribution >= 0.6 is 0 Å². The highest BCUT2D eigenvalue weighted by Crippen LogP contribution is 2.45. The Morgan fingerprint density at radius 3 is 2.22 bits per heavy atom. The van der Waals surface area contributed by atoms with Crippen LogP contribution < -0.4 is 0 Å². The molecule has 4 aromatic carbocycles. The molecule has 0 bridgehead atoms. The minimum atomic E-state index is -5.03. The molecule has 3 unspecified atom stereocenters. The van der Waals surface area contributed by atoms with Crippen molar-refractivity contribution in [1.29, 1.82) is 0 Å². The average Bonchev–Trinajstić information content (AvgIpc) is 2.63. The standard InChI is InChI=1S/C20H16O6S/c21-18-14-8-12-5-4-10-2-1-3-11-6-7-13(17(12)16(10)11)15(14)9-20(23,19(18)22)27(24,25)26/h1-8,18-19,21-23H,9H2,(H,24,25,26). The van der Waals surface area contributed by atoms with Crippen LogP contribution in [0.2, 0.25) is 0 Å². The van der Waals surface area contributed by atoms with Crippen molar-refractivity contribution >= 4 is 42.4 Å². The zero-order chi connectivity index (χ0) is 19.1. The molecule has 7 heteroatoms. The Balaban J connectivity index is 1.94. The maximum absolute atomic E-state index is 11.8. The first-order valence-electron chi connectivity index (χ1n) is 8.47. The van der Waals surface area contributed by atoms with Crippen LogP contribution in [0, 0.1) is 0 Å². The van der Waals surface area contributed by atoms with Gasteiger partial charge in [-0.1, -0.05) is 42.5 Å². The molecule has 1 aliphatic rings. The van der Waals surface area contributed by atoms with Gasteiger partial charge in [0, 0.05) is 6.42 Å². The van der Waals surface area contributed by atoms with Crippen LogP contribution in [0.25, 0.3) is 32.3 Å². The van der Waals surface area contributed by atoms with Crippen LogP contribution in [0.15, 0.2) is 48.5 Å². The Labute approximate surface area is 154 Å². The van der Waals surface area contributed by atoms with Crippen molar-refractivity contribution < 1.29 is 28.3 Å². The molecule has 0 amide bonds. The number of hydrogen-bond donors (Lipinski definition) is 4. The summed E-state index contributed by atoms with van der Waals surface area (Å²) in [6, 6.07) is 15.2. The van der Waals surface area contributed by atoms with E-state index in [1.54, 1.807) is 6.07 Å². The van der Waals surface area contributed by atoms with E-state index >= 15 is 0 Å². The molecule has 0 saturated carbocycles. The van der Waals surface area contributed by atoms with Crippen molar-refractivity contribution in [3.63, 3.8) is 0 Å². The third-order valence-electron chi connectivity index (χ3n) is 5.75. The topological polar surface area (TPSA) is 115 Å². The second-order valence-corrected chi connectivity index (χ2v) is 8.84. The zero-order valence-corrected chi connectivity index (χ0v) is 14.8. The lowest BCUT2D eigenvalue weighted by Gasteiger charge is -2.39. The quantitative estimate of drug-likeness (QED) is 0.295. The van der Waals surface area contributed by atoms with Gasteiger partial charge in [0.25, 0.3) is 10.1 Å². The Kier molecular flexibility index (Phi) is 3.22. The predicted molar refractivity (Wildman–Crippen MR) is 101 cm³/mol. The van der Waals surface area contributed by atoms with Gasteiger partial charge in [0.15, 0.2) is 0 Å². The highest BCUT2D eigenvalue weighted by atomic mass is 32.2. The molecule has 1 aliphatic carbocycles. The van der Waals surface area contributed by atoms with Gasteiger partial charge in [0.2, 0.25) is 4.93 Å². The Bertz CT molecular complexity index is 1310. The normalized spacial score (nSPS) is 26.1. The summed E-state index contributed by atoms with van der Waals surface area (Å²) in [4.78, 5) is -2.87. The first-order valence-corrected chi connectivity index (χ1v) is 9.91. The van der Waals surface area contributed by atoms with E-state index in [4.69, 9.17) is 0 Å². The molecule has 0 fully saturated rings. The number of aliphatic hydroxyl groups is 3. The smallest absolute Gasteiger partial charge is 0.298 e. The van der Waals surface area contributed by atoms with Crippen LogP contribution in [-0.4, -0.2) is 39.3 Å². The lowest BCUT2D eigenvalue weighted by atomic mass is 9.80. The molecule has 0 spiro atoms. The van der Waals surface area contributed by atoms with Crippen molar-refractivity contribution in [3.8, 4) is 0 Å². The molecule has 0 saturated heterocycles. The number of rotatable bonds is 1. The molecule has 4 aromatic rings. The van der Waals surface area contributed by atoms with E-state index in [1.165, 1.54) is 0 Å². The fraction of sp³-hybridized carbons (Fsp3) is 0.200. The molecule has 0 aromatic heterocycles. The van der Waals surface area contributed by atoms with Crippen molar-refractivity contribution in [2.75, 3.05) is 0 Å². The summed E-state index contributed by atoms with van der Waals surface area (Å²) in [6.07, 6.45) is -4.23. The minimum Gasteiger partial charge on any atom is -0.386 e. The minimum absolute atomic E-state index is 0.349. The van der Waals surface area contributed by atoms with E-state index in [2.05, 4.69) is 0 Å². The van der Waals surface area contributed by atoms with E-state index in [1.807, 2.05) is 42.5 Å². The fourth-order valence-electron chi connectivity index (χ4n) is 4.37. The first-order chi connectivity index (χ1) is 12.7. The second-order valence-electron chi connectivity index (χ2n) is 7.19. The van der Waals surface area contributed by atoms with Crippen LogP contribution in [0.3, 0.4) is 0 Å². The Morgan fingerprint density at radius 1 is 0.926 bits per heavy atom. The predicted octanol–water partition coefficient (Wildman–Crippen LogP) is 2.11. The van der Waals surface area contributed by atoms with Gasteiger partial charge in [0.05, 0.1) is 0 Å². The molecule has 0 aliphatic heterocycles. The number of aliphatic hydroxyl groups excluding tert-OH is 2. The highest BCUT2D eigenvalue weighted by molar-refractivity contribution is 7.87. The van der Waals surface area contributed by atoms with Gasteiger partial charge < -0.3 is 15.3 Å². The summed E-state index contributed by atoms with van der Waals surface area (Å²) >= 11 is 0. The summed E-state index contributed by atoms with van der Waals surface area (Å²) in [5.74, 6) is 0. The highest BCUT2D eigenvalue weighted by Gasteiger charge is 2.54. The van der Waals surface area contributed by atoms with E-state index in [-0.39, 0.29) is 0 Å². The van der Waals surface area contributed by atoms with Crippen molar-refractivity contribution in [2.24, 2.45) is 0 Å². The molecule has 27 heavy (non-hydrogen) atoms. The van der Waals surface area contributed by atoms with Crippen LogP contribution in [0.5, 0.6) is 0 Å². The molecular weight excluding hydrogens is 368 g/mol. The van der Waals surface area contributed by atoms with Gasteiger partial charge >= 0.3 is 0 Å². The van der Waals surface area contributed by atoms with Gasteiger partial charge in [-0.25, -0.2) is 0 Å². The summed E-state index contributed by atoms with van der Waals surface area (Å²) < 4.78 is 33.1. The van der Waals surface area contributed by atoms with Crippen molar-refractivity contribution in [1.82, 2.24) is 0 Å². The van der Waals surface area contributed by atoms with Gasteiger partial charge in [-0.2, -0.15) is 8.42 Å². The fourth-order valence-corrected chi connectivity index (χ4v) is 5.13. The molecule has 6 nitrogen and oxygen atoms in total. The molecule has 5 rings (SSSR count). The van der Waals surface area contributed by atoms with Crippen LogP contribution in [-0.2, 0) is 16.5 Å². The Hall–Kier alpha value is -2.29. The van der Waals surface area contributed by atoms with E-state index in [0.29, 0.717) is 16.5 Å². The van der Waals surface area contributed by atoms with Crippen molar-refractivity contribution in [3.05, 3.63) is 59.7 Å². The molecule has 3 atom stereocenters. The zero-order valence-electron chi connectivity index (χ0n) is 14.0. The van der Waals surface area contributed by atoms with Crippen molar-refractivity contribution in [2.45, 2.75) is 23.6 Å². The van der Waals surface area contributed by atoms with Gasteiger partial charge in [-0.15, -0.1) is 0 Å². The number of benzene rings is 4. The molecule has 0 heterocycles. The maximum atomic E-state index is 11.8. The molecular formula is C20H16O6S. The van der Waals surface area contributed by atoms with E-state index in [9.17, 15) is 28.3 Å². The van der Waals surface area contributed by atoms with E-state index < -0.39 is 33.7 Å². The summed E-state index contributed by atoms with van der Waals surface area (Å²) in [5, 5.41) is 36.8. The van der Waals surface area contributed by atoms with Gasteiger partial charge in [0.1, 0.15) is 12.2 Å². The second kappa shape index (κ2) is 5.15. The SMILES string of the molecule is O=S(=O)(O)C1(O)Cc2c(cc3ccc4cccc5ccc2c3c45)C(O)C1O. The summed E-state index contributed by atoms with van der Waals surface area (Å²) in [5.41, 5.74) is 0.750. The molecule has 4 N–H and O–H groups in total. The van der Waals surface area contributed by atoms with Gasteiger partial charge in [-0.05, 0) is 49.5 Å². The third-order valence-corrected chi connectivity index (χ3v) is 7.03. The summed E-state index contributed by atoms with van der Waals surface area (Å²) in [7, 11) is -5.03. The first kappa shape index (κ1) is 16.9. The van der Waals surface area contributed by atoms with E-state index in [0.717, 1.165) is 26.9 Å². The van der Waals surface area contributed by atoms with Gasteiger partial charge in [-0.3, -0.25) is 4.55 Å². The third kappa shape index (κ3) is 2.06. The lowest BCUT2D eigenvalue weighted by Crippen LogP contribution is -2.56. The summed E-state index contributed by atoms with van der Waals surface area (Å²) in [6.45, 7) is 0. The monoisotopic (exact) mass is 384 g/mol. The maximum Gasteiger partial charge on any atom is 0.298 e. The molecule has 138 valence electrons. The largest absolute Gasteiger partial charge is 0.386 e. The van der Waals surface area contributed by atoms with Crippen LogP contribution in [0.4, 0.5) is 0 Å².